The summed E-state index contributed by atoms with van der Waals surface area (Å²) in [5.74, 6) is -0.817. The Bertz CT molecular complexity index is 643. The number of aryl methyl sites for hydroxylation is 1. The molecule has 0 atom stereocenters. The number of hydrogen-bond acceptors (Lipinski definition) is 2. The molecule has 2 aromatic carbocycles. The van der Waals surface area contributed by atoms with Crippen molar-refractivity contribution >= 4 is 28.9 Å². The van der Waals surface area contributed by atoms with Gasteiger partial charge in [0.15, 0.2) is 0 Å². The van der Waals surface area contributed by atoms with Crippen molar-refractivity contribution < 1.29 is 9.18 Å². The van der Waals surface area contributed by atoms with E-state index < -0.39 is 11.7 Å². The lowest BCUT2D eigenvalue weighted by Crippen LogP contribution is -2.13. The van der Waals surface area contributed by atoms with Crippen molar-refractivity contribution in [3.63, 3.8) is 0 Å². The van der Waals surface area contributed by atoms with Crippen molar-refractivity contribution in [2.24, 2.45) is 0 Å². The van der Waals surface area contributed by atoms with Crippen LogP contribution >= 0.6 is 11.6 Å². The molecule has 0 aliphatic carbocycles. The molecule has 19 heavy (non-hydrogen) atoms. The average molecular weight is 279 g/mol. The quantitative estimate of drug-likeness (QED) is 0.824. The van der Waals surface area contributed by atoms with E-state index in [1.807, 2.05) is 0 Å². The molecular formula is C14H12ClFN2O. The van der Waals surface area contributed by atoms with Crippen molar-refractivity contribution in [3.05, 3.63) is 58.4 Å². The van der Waals surface area contributed by atoms with E-state index in [4.69, 9.17) is 17.3 Å². The number of carbonyl (C=O) groups excluding carboxylic acids is 1. The van der Waals surface area contributed by atoms with Crippen LogP contribution in [0.25, 0.3) is 0 Å². The first-order valence-electron chi connectivity index (χ1n) is 5.60. The second-order valence-electron chi connectivity index (χ2n) is 4.15. The Kier molecular flexibility index (Phi) is 3.71. The normalized spacial score (nSPS) is 10.3. The van der Waals surface area contributed by atoms with Crippen molar-refractivity contribution in [1.29, 1.82) is 0 Å². The van der Waals surface area contributed by atoms with Crippen LogP contribution in [0.4, 0.5) is 15.8 Å². The Morgan fingerprint density at radius 2 is 2.00 bits per heavy atom. The summed E-state index contributed by atoms with van der Waals surface area (Å²) < 4.78 is 13.1. The molecule has 98 valence electrons. The molecular weight excluding hydrogens is 267 g/mol. The topological polar surface area (TPSA) is 55.1 Å². The number of hydrogen-bond donors (Lipinski definition) is 2. The largest absolute Gasteiger partial charge is 0.399 e. The Morgan fingerprint density at radius 3 is 2.68 bits per heavy atom. The molecule has 0 bridgehead atoms. The smallest absolute Gasteiger partial charge is 0.257 e. The van der Waals surface area contributed by atoms with Crippen LogP contribution in [0.2, 0.25) is 5.02 Å². The zero-order valence-corrected chi connectivity index (χ0v) is 11.0. The number of halogens is 2. The van der Waals surface area contributed by atoms with Crippen LogP contribution in [-0.4, -0.2) is 5.91 Å². The highest BCUT2D eigenvalue weighted by Crippen LogP contribution is 2.22. The highest BCUT2D eigenvalue weighted by Gasteiger charge is 2.12. The number of amides is 1. The van der Waals surface area contributed by atoms with Gasteiger partial charge >= 0.3 is 0 Å². The number of nitrogens with one attached hydrogen (secondary N) is 1. The lowest BCUT2D eigenvalue weighted by Gasteiger charge is -2.09. The fourth-order valence-electron chi connectivity index (χ4n) is 1.63. The van der Waals surface area contributed by atoms with Gasteiger partial charge in [-0.2, -0.15) is 0 Å². The highest BCUT2D eigenvalue weighted by atomic mass is 35.5. The van der Waals surface area contributed by atoms with Gasteiger partial charge in [0.05, 0.1) is 10.6 Å². The first-order valence-corrected chi connectivity index (χ1v) is 5.97. The van der Waals surface area contributed by atoms with Crippen LogP contribution in [-0.2, 0) is 0 Å². The van der Waals surface area contributed by atoms with Crippen molar-refractivity contribution in [1.82, 2.24) is 0 Å². The predicted molar refractivity (Wildman–Crippen MR) is 75.0 cm³/mol. The van der Waals surface area contributed by atoms with Crippen molar-refractivity contribution in [2.75, 3.05) is 11.1 Å². The number of carbonyl (C=O) groups is 1. The van der Waals surface area contributed by atoms with Crippen LogP contribution in [0.1, 0.15) is 15.9 Å². The molecule has 5 heteroatoms. The summed E-state index contributed by atoms with van der Waals surface area (Å²) in [5, 5.41) is 2.88. The fourth-order valence-corrected chi connectivity index (χ4v) is 1.91. The predicted octanol–water partition coefficient (Wildman–Crippen LogP) is 3.62. The number of benzene rings is 2. The van der Waals surface area contributed by atoms with E-state index in [2.05, 4.69) is 5.32 Å². The van der Waals surface area contributed by atoms with Gasteiger partial charge in [-0.3, -0.25) is 4.79 Å². The fraction of sp³-hybridized carbons (Fsp3) is 0.0714. The maximum absolute atomic E-state index is 13.1. The molecule has 0 heterocycles. The van der Waals surface area contributed by atoms with Gasteiger partial charge in [-0.15, -0.1) is 0 Å². The Hall–Kier alpha value is -2.07. The minimum atomic E-state index is -0.413. The van der Waals surface area contributed by atoms with Gasteiger partial charge in [0.2, 0.25) is 0 Å². The third kappa shape index (κ3) is 3.03. The average Bonchev–Trinajstić information content (AvgIpc) is 2.33. The van der Waals surface area contributed by atoms with Crippen LogP contribution in [0, 0.1) is 12.7 Å². The summed E-state index contributed by atoms with van der Waals surface area (Å²) >= 11 is 5.95. The zero-order chi connectivity index (χ0) is 14.0. The molecule has 2 aromatic rings. The number of nitrogens with two attached hydrogens (primary N) is 1. The van der Waals surface area contributed by atoms with Crippen LogP contribution in [0.3, 0.4) is 0 Å². The number of anilines is 2. The van der Waals surface area contributed by atoms with E-state index in [-0.39, 0.29) is 5.02 Å². The van der Waals surface area contributed by atoms with Crippen molar-refractivity contribution in [2.45, 2.75) is 6.92 Å². The SMILES string of the molecule is Cc1ccc(F)cc1NC(=O)c1ccc(N)cc1Cl. The summed E-state index contributed by atoms with van der Waals surface area (Å²) in [6.07, 6.45) is 0. The van der Waals surface area contributed by atoms with E-state index in [0.717, 1.165) is 5.56 Å². The van der Waals surface area contributed by atoms with E-state index in [1.165, 1.54) is 24.3 Å². The van der Waals surface area contributed by atoms with Gasteiger partial charge in [0, 0.05) is 11.4 Å². The third-order valence-corrected chi connectivity index (χ3v) is 3.00. The zero-order valence-electron chi connectivity index (χ0n) is 10.2. The first kappa shape index (κ1) is 13.4. The molecule has 0 saturated heterocycles. The second-order valence-corrected chi connectivity index (χ2v) is 4.56. The standard InChI is InChI=1S/C14H12ClFN2O/c1-8-2-3-9(16)6-13(8)18-14(19)11-5-4-10(17)7-12(11)15/h2-7H,17H2,1H3,(H,18,19). The summed E-state index contributed by atoms with van der Waals surface area (Å²) in [6.45, 7) is 1.78. The highest BCUT2D eigenvalue weighted by molar-refractivity contribution is 6.34. The summed E-state index contributed by atoms with van der Waals surface area (Å²) in [7, 11) is 0. The van der Waals surface area contributed by atoms with Gasteiger partial charge < -0.3 is 11.1 Å². The second kappa shape index (κ2) is 5.28. The molecule has 3 N–H and O–H groups in total. The third-order valence-electron chi connectivity index (χ3n) is 2.69. The van der Waals surface area contributed by atoms with Gasteiger partial charge in [-0.05, 0) is 42.8 Å². The van der Waals surface area contributed by atoms with Gasteiger partial charge in [0.25, 0.3) is 5.91 Å². The minimum Gasteiger partial charge on any atom is -0.399 e. The molecule has 1 amide bonds. The monoisotopic (exact) mass is 278 g/mol. The number of rotatable bonds is 2. The molecule has 0 saturated carbocycles. The van der Waals surface area contributed by atoms with E-state index in [9.17, 15) is 9.18 Å². The number of nitrogen functional groups attached to an aromatic ring is 1. The minimum absolute atomic E-state index is 0.256. The van der Waals surface area contributed by atoms with E-state index in [0.29, 0.717) is 16.9 Å². The maximum atomic E-state index is 13.1. The lowest BCUT2D eigenvalue weighted by atomic mass is 10.1. The molecule has 0 fully saturated rings. The molecule has 0 spiro atoms. The molecule has 2 rings (SSSR count). The van der Waals surface area contributed by atoms with E-state index in [1.54, 1.807) is 19.1 Å². The summed E-state index contributed by atoms with van der Waals surface area (Å²) in [5.41, 5.74) is 7.50. The molecule has 0 aromatic heterocycles. The summed E-state index contributed by atoms with van der Waals surface area (Å²) in [4.78, 5) is 12.1. The van der Waals surface area contributed by atoms with Crippen LogP contribution in [0.15, 0.2) is 36.4 Å². The van der Waals surface area contributed by atoms with Crippen LogP contribution in [0.5, 0.6) is 0 Å². The Balaban J connectivity index is 2.28. The summed E-state index contributed by atoms with van der Waals surface area (Å²) in [6, 6.07) is 8.80. The van der Waals surface area contributed by atoms with Crippen molar-refractivity contribution in [3.8, 4) is 0 Å². The molecule has 0 radical (unpaired) electrons. The van der Waals surface area contributed by atoms with Gasteiger partial charge in [-0.1, -0.05) is 17.7 Å². The van der Waals surface area contributed by atoms with Gasteiger partial charge in [-0.25, -0.2) is 4.39 Å². The molecule has 0 unspecified atom stereocenters. The lowest BCUT2D eigenvalue weighted by molar-refractivity contribution is 0.102. The van der Waals surface area contributed by atoms with E-state index >= 15 is 0 Å². The van der Waals surface area contributed by atoms with Crippen LogP contribution < -0.4 is 11.1 Å². The Labute approximate surface area is 115 Å². The Morgan fingerprint density at radius 1 is 1.26 bits per heavy atom. The molecule has 0 aliphatic rings. The first-order chi connectivity index (χ1) is 8.97. The van der Waals surface area contributed by atoms with Gasteiger partial charge in [0.1, 0.15) is 5.82 Å². The maximum Gasteiger partial charge on any atom is 0.257 e. The molecule has 0 aliphatic heterocycles. The molecule has 3 nitrogen and oxygen atoms in total.